The summed E-state index contributed by atoms with van der Waals surface area (Å²) in [4.78, 5) is 15.0. The summed E-state index contributed by atoms with van der Waals surface area (Å²) in [5.41, 5.74) is 0. The topological polar surface area (TPSA) is 66.5 Å². The molecular formula is C17H24N2O3S2. The average Bonchev–Trinajstić information content (AvgIpc) is 2.99. The molecular weight excluding hydrogens is 344 g/mol. The second kappa shape index (κ2) is 6.11. The van der Waals surface area contributed by atoms with Crippen molar-refractivity contribution >= 4 is 27.3 Å². The number of nitrogens with zero attached hydrogens (tertiary/aromatic N) is 1. The Labute approximate surface area is 147 Å². The number of fused-ring (bicyclic) bond motifs is 1. The summed E-state index contributed by atoms with van der Waals surface area (Å²) in [6.07, 6.45) is 6.01. The lowest BCUT2D eigenvalue weighted by atomic mass is 9.68. The number of thiophene rings is 1. The Bertz CT molecular complexity index is 702. The summed E-state index contributed by atoms with van der Waals surface area (Å²) in [7, 11) is -3.61. The number of sulfonamides is 1. The SMILES string of the molecule is CC(NS(=O)(=O)c1cccs1)C(=O)N1CC2CC3CC(C2)CC1C3. The molecule has 2 aliphatic carbocycles. The standard InChI is InChI=1S/C17H24N2O3S2/c1-11(18-24(21,22)16-3-2-4-23-16)17(20)19-10-14-6-12-5-13(7-14)9-15(19)8-12/h2-4,11-15,18H,5-10H2,1H3. The van der Waals surface area contributed by atoms with Gasteiger partial charge in [-0.05, 0) is 68.2 Å². The first-order valence-corrected chi connectivity index (χ1v) is 11.1. The van der Waals surface area contributed by atoms with Crippen LogP contribution in [-0.2, 0) is 14.8 Å². The summed E-state index contributed by atoms with van der Waals surface area (Å²) >= 11 is 1.17. The summed E-state index contributed by atoms with van der Waals surface area (Å²) in [5, 5.41) is 1.73. The Morgan fingerprint density at radius 3 is 2.50 bits per heavy atom. The lowest BCUT2D eigenvalue weighted by Crippen LogP contribution is -2.51. The zero-order valence-corrected chi connectivity index (χ0v) is 15.5. The minimum atomic E-state index is -3.61. The van der Waals surface area contributed by atoms with Crippen LogP contribution in [0.15, 0.2) is 21.7 Å². The zero-order chi connectivity index (χ0) is 16.9. The fourth-order valence-electron chi connectivity index (χ4n) is 5.06. The van der Waals surface area contributed by atoms with Gasteiger partial charge >= 0.3 is 0 Å². The van der Waals surface area contributed by atoms with E-state index in [2.05, 4.69) is 4.72 Å². The van der Waals surface area contributed by atoms with Crippen molar-refractivity contribution in [2.45, 2.75) is 55.3 Å². The molecule has 1 N–H and O–H groups in total. The quantitative estimate of drug-likeness (QED) is 0.888. The van der Waals surface area contributed by atoms with Crippen LogP contribution in [-0.4, -0.2) is 37.9 Å². The van der Waals surface area contributed by atoms with Gasteiger partial charge in [-0.3, -0.25) is 4.79 Å². The fraction of sp³-hybridized carbons (Fsp3) is 0.706. The van der Waals surface area contributed by atoms with E-state index in [4.69, 9.17) is 0 Å². The highest BCUT2D eigenvalue weighted by molar-refractivity contribution is 7.91. The van der Waals surface area contributed by atoms with Gasteiger partial charge in [-0.1, -0.05) is 6.07 Å². The number of hydrogen-bond acceptors (Lipinski definition) is 4. The van der Waals surface area contributed by atoms with Crippen molar-refractivity contribution in [1.29, 1.82) is 0 Å². The first-order valence-electron chi connectivity index (χ1n) is 8.78. The van der Waals surface area contributed by atoms with Crippen LogP contribution in [0.2, 0.25) is 0 Å². The monoisotopic (exact) mass is 368 g/mol. The van der Waals surface area contributed by atoms with Crippen molar-refractivity contribution in [3.05, 3.63) is 17.5 Å². The largest absolute Gasteiger partial charge is 0.338 e. The first kappa shape index (κ1) is 16.5. The Morgan fingerprint density at radius 2 is 1.88 bits per heavy atom. The van der Waals surface area contributed by atoms with Crippen molar-refractivity contribution in [2.75, 3.05) is 6.54 Å². The van der Waals surface area contributed by atoms with E-state index in [9.17, 15) is 13.2 Å². The van der Waals surface area contributed by atoms with Crippen LogP contribution in [0.4, 0.5) is 0 Å². The smallest absolute Gasteiger partial charge is 0.250 e. The number of hydrogen-bond donors (Lipinski definition) is 1. The van der Waals surface area contributed by atoms with Gasteiger partial charge in [0, 0.05) is 12.6 Å². The maximum absolute atomic E-state index is 13.0. The molecule has 1 aromatic rings. The molecule has 24 heavy (non-hydrogen) atoms. The number of carbonyl (C=O) groups excluding carboxylic acids is 1. The molecule has 3 atom stereocenters. The van der Waals surface area contributed by atoms with Gasteiger partial charge in [0.25, 0.3) is 10.0 Å². The summed E-state index contributed by atoms with van der Waals surface area (Å²) in [5.74, 6) is 2.08. The molecule has 2 saturated carbocycles. The second-order valence-electron chi connectivity index (χ2n) is 7.70. The maximum Gasteiger partial charge on any atom is 0.250 e. The van der Waals surface area contributed by atoms with Gasteiger partial charge in [0.15, 0.2) is 0 Å². The van der Waals surface area contributed by atoms with Crippen LogP contribution >= 0.6 is 11.3 Å². The number of amides is 1. The molecule has 5 rings (SSSR count). The van der Waals surface area contributed by atoms with E-state index in [-0.39, 0.29) is 10.1 Å². The second-order valence-corrected chi connectivity index (χ2v) is 10.6. The molecule has 1 aromatic heterocycles. The van der Waals surface area contributed by atoms with Crippen LogP contribution in [0.3, 0.4) is 0 Å². The predicted octanol–water partition coefficient (Wildman–Crippen LogP) is 2.45. The van der Waals surface area contributed by atoms with Gasteiger partial charge in [0.1, 0.15) is 4.21 Å². The van der Waals surface area contributed by atoms with E-state index in [1.54, 1.807) is 24.4 Å². The highest BCUT2D eigenvalue weighted by Crippen LogP contribution is 2.47. The van der Waals surface area contributed by atoms with Crippen molar-refractivity contribution in [1.82, 2.24) is 9.62 Å². The lowest BCUT2D eigenvalue weighted by Gasteiger charge is -2.39. The summed E-state index contributed by atoms with van der Waals surface area (Å²) in [6.45, 7) is 2.48. The third-order valence-electron chi connectivity index (χ3n) is 5.85. The van der Waals surface area contributed by atoms with Crippen molar-refractivity contribution in [3.63, 3.8) is 0 Å². The molecule has 0 spiro atoms. The molecule has 7 heteroatoms. The van der Waals surface area contributed by atoms with Crippen molar-refractivity contribution < 1.29 is 13.2 Å². The van der Waals surface area contributed by atoms with Crippen molar-refractivity contribution in [3.8, 4) is 0 Å². The van der Waals surface area contributed by atoms with Crippen LogP contribution in [0, 0.1) is 17.8 Å². The molecule has 5 nitrogen and oxygen atoms in total. The fourth-order valence-corrected chi connectivity index (χ4v) is 7.27. The van der Waals surface area contributed by atoms with E-state index in [1.807, 2.05) is 4.90 Å². The van der Waals surface area contributed by atoms with Crippen LogP contribution in [0.25, 0.3) is 0 Å². The Hall–Kier alpha value is -0.920. The van der Waals surface area contributed by atoms with E-state index in [1.165, 1.54) is 30.6 Å². The van der Waals surface area contributed by atoms with Gasteiger partial charge in [0.2, 0.25) is 5.91 Å². The highest BCUT2D eigenvalue weighted by Gasteiger charge is 2.44. The number of nitrogens with one attached hydrogen (secondary N) is 1. The molecule has 0 aromatic carbocycles. The van der Waals surface area contributed by atoms with Gasteiger partial charge in [-0.15, -0.1) is 11.3 Å². The van der Waals surface area contributed by atoms with Gasteiger partial charge < -0.3 is 4.90 Å². The van der Waals surface area contributed by atoms with E-state index in [0.717, 1.165) is 31.2 Å². The molecule has 4 aliphatic rings. The van der Waals surface area contributed by atoms with Crippen molar-refractivity contribution in [2.24, 2.45) is 17.8 Å². The Morgan fingerprint density at radius 1 is 1.21 bits per heavy atom. The molecule has 132 valence electrons. The van der Waals surface area contributed by atoms with E-state index in [0.29, 0.717) is 12.0 Å². The molecule has 4 fully saturated rings. The van der Waals surface area contributed by atoms with Crippen LogP contribution in [0.1, 0.15) is 39.0 Å². The molecule has 0 radical (unpaired) electrons. The third kappa shape index (κ3) is 3.02. The van der Waals surface area contributed by atoms with Crippen LogP contribution < -0.4 is 4.72 Å². The number of carbonyl (C=O) groups is 1. The Kier molecular flexibility index (Phi) is 4.21. The summed E-state index contributed by atoms with van der Waals surface area (Å²) < 4.78 is 27.6. The van der Waals surface area contributed by atoms with E-state index < -0.39 is 16.1 Å². The number of rotatable bonds is 4. The Balaban J connectivity index is 1.49. The molecule has 1 amide bonds. The molecule has 3 heterocycles. The van der Waals surface area contributed by atoms with Gasteiger partial charge in [-0.2, -0.15) is 4.72 Å². The summed E-state index contributed by atoms with van der Waals surface area (Å²) in [6, 6.07) is 2.86. The van der Waals surface area contributed by atoms with Gasteiger partial charge in [-0.25, -0.2) is 8.42 Å². The molecule has 3 unspecified atom stereocenters. The first-order chi connectivity index (χ1) is 11.4. The minimum absolute atomic E-state index is 0.0617. The third-order valence-corrected chi connectivity index (χ3v) is 8.79. The maximum atomic E-state index is 13.0. The van der Waals surface area contributed by atoms with Crippen LogP contribution in [0.5, 0.6) is 0 Å². The average molecular weight is 369 g/mol. The minimum Gasteiger partial charge on any atom is -0.338 e. The van der Waals surface area contributed by atoms with Gasteiger partial charge in [0.05, 0.1) is 6.04 Å². The highest BCUT2D eigenvalue weighted by atomic mass is 32.2. The predicted molar refractivity (Wildman–Crippen MR) is 93.2 cm³/mol. The molecule has 2 saturated heterocycles. The molecule has 2 aliphatic heterocycles. The zero-order valence-electron chi connectivity index (χ0n) is 13.8. The normalized spacial score (nSPS) is 33.5. The molecule has 4 bridgehead atoms. The lowest BCUT2D eigenvalue weighted by molar-refractivity contribution is -0.135. The van der Waals surface area contributed by atoms with E-state index >= 15 is 0 Å².